The number of hydrogen-bond acceptors (Lipinski definition) is 0. The summed E-state index contributed by atoms with van der Waals surface area (Å²) in [5, 5.41) is 0. The Kier molecular flexibility index (Phi) is 2.97. The highest BCUT2D eigenvalue weighted by molar-refractivity contribution is 14.1. The molecule has 1 unspecified atom stereocenters. The largest absolute Gasteiger partial charge is 0.435 e. The van der Waals surface area contributed by atoms with E-state index in [-0.39, 0.29) is 0 Å². The van der Waals surface area contributed by atoms with Crippen LogP contribution < -0.4 is 0 Å². The summed E-state index contributed by atoms with van der Waals surface area (Å²) in [6.45, 7) is 0. The van der Waals surface area contributed by atoms with Crippen molar-refractivity contribution in [1.82, 2.24) is 0 Å². The van der Waals surface area contributed by atoms with Crippen LogP contribution in [-0.2, 0) is 0 Å². The Balaban J connectivity index is 3.49. The highest BCUT2D eigenvalue weighted by atomic mass is 127. The maximum Gasteiger partial charge on any atom is 0.435 e. The molecule has 1 rings (SSSR count). The van der Waals surface area contributed by atoms with E-state index in [1.165, 1.54) is 0 Å². The lowest BCUT2D eigenvalue weighted by Crippen LogP contribution is -2.90. The van der Waals surface area contributed by atoms with Crippen LogP contribution in [0.4, 0.5) is 48.3 Å². The van der Waals surface area contributed by atoms with Gasteiger partial charge >= 0.3 is 33.3 Å². The maximum absolute atomic E-state index is 13.1. The van der Waals surface area contributed by atoms with Gasteiger partial charge in [0, 0.05) is 0 Å². The molecule has 0 radical (unpaired) electrons. The smallest absolute Gasteiger partial charge is 0.225 e. The van der Waals surface area contributed by atoms with Crippen LogP contribution in [0.1, 0.15) is 0 Å². The lowest BCUT2D eigenvalue weighted by molar-refractivity contribution is -0.496. The summed E-state index contributed by atoms with van der Waals surface area (Å²) in [5.41, 5.74) is -6.39. The van der Waals surface area contributed by atoms with Crippen molar-refractivity contribution in [2.24, 2.45) is 0 Å². The Morgan fingerprint density at radius 1 is 0.611 bits per heavy atom. The molecule has 12 heteroatoms. The van der Waals surface area contributed by atoms with Gasteiger partial charge in [-0.25, -0.2) is 8.78 Å². The van der Waals surface area contributed by atoms with Gasteiger partial charge in [0.2, 0.25) is 0 Å². The van der Waals surface area contributed by atoms with Gasteiger partial charge < -0.3 is 0 Å². The molecule has 1 aliphatic rings. The number of alkyl halides is 12. The zero-order valence-corrected chi connectivity index (χ0v) is 9.69. The molecule has 1 saturated carbocycles. The van der Waals surface area contributed by atoms with Crippen molar-refractivity contribution >= 4 is 22.6 Å². The third-order valence-corrected chi connectivity index (χ3v) is 3.80. The van der Waals surface area contributed by atoms with Crippen LogP contribution in [0.5, 0.6) is 0 Å². The van der Waals surface area contributed by atoms with E-state index in [1.807, 2.05) is 0 Å². The highest BCUT2D eigenvalue weighted by Gasteiger charge is 3.06. The first-order chi connectivity index (χ1) is 7.50. The van der Waals surface area contributed by atoms with Crippen molar-refractivity contribution in [1.29, 1.82) is 0 Å². The van der Waals surface area contributed by atoms with E-state index >= 15 is 0 Å². The molecular weight excluding hydrogens is 408 g/mol. The van der Waals surface area contributed by atoms with Crippen LogP contribution in [-0.4, -0.2) is 33.3 Å². The molecule has 0 aliphatic heterocycles. The van der Waals surface area contributed by atoms with Crippen molar-refractivity contribution in [3.63, 3.8) is 0 Å². The lowest BCUT2D eigenvalue weighted by Gasteiger charge is -2.57. The quantitative estimate of drug-likeness (QED) is 0.346. The van der Waals surface area contributed by atoms with E-state index in [2.05, 4.69) is 0 Å². The van der Waals surface area contributed by atoms with E-state index in [1.54, 1.807) is 0 Å². The van der Waals surface area contributed by atoms with Crippen LogP contribution >= 0.6 is 22.6 Å². The average Bonchev–Trinajstić information content (AvgIpc) is 2.12. The monoisotopic (exact) mass is 408 g/mol. The van der Waals surface area contributed by atoms with E-state index in [9.17, 15) is 48.3 Å². The van der Waals surface area contributed by atoms with Gasteiger partial charge in [-0.3, -0.25) is 0 Å². The van der Waals surface area contributed by atoms with Crippen LogP contribution in [0.2, 0.25) is 0 Å². The van der Waals surface area contributed by atoms with Gasteiger partial charge in [-0.2, -0.15) is 39.5 Å². The number of halogens is 12. The molecule has 0 saturated heterocycles. The second-order valence-corrected chi connectivity index (χ2v) is 4.94. The third kappa shape index (κ3) is 1.23. The second kappa shape index (κ2) is 3.34. The molecule has 18 heavy (non-hydrogen) atoms. The number of rotatable bonds is 1. The first-order valence-electron chi connectivity index (χ1n) is 3.77. The first kappa shape index (κ1) is 16.0. The van der Waals surface area contributed by atoms with Gasteiger partial charge in [-0.1, -0.05) is 0 Å². The SMILES string of the molecule is FC(F)(F)C(F)(I)C1(F)C(F)(F)C(F)(F)C1(F)F. The Bertz CT molecular complexity index is 348. The highest BCUT2D eigenvalue weighted by Crippen LogP contribution is 2.75. The minimum absolute atomic E-state index is 0.716. The molecule has 0 aromatic heterocycles. The molecule has 108 valence electrons. The normalized spacial score (nSPS) is 31.3. The minimum Gasteiger partial charge on any atom is -0.225 e. The Morgan fingerprint density at radius 3 is 1.11 bits per heavy atom. The fourth-order valence-corrected chi connectivity index (χ4v) is 2.03. The molecule has 0 nitrogen and oxygen atoms in total. The van der Waals surface area contributed by atoms with Crippen LogP contribution in [0.3, 0.4) is 0 Å². The fourth-order valence-electron chi connectivity index (χ4n) is 1.35. The van der Waals surface area contributed by atoms with Gasteiger partial charge in [0.15, 0.2) is 0 Å². The molecule has 0 spiro atoms. The summed E-state index contributed by atoms with van der Waals surface area (Å²) in [6, 6.07) is 0. The summed E-state index contributed by atoms with van der Waals surface area (Å²) >= 11 is -0.716. The average molecular weight is 408 g/mol. The molecule has 1 fully saturated rings. The first-order valence-corrected chi connectivity index (χ1v) is 4.85. The van der Waals surface area contributed by atoms with E-state index in [0.717, 1.165) is 0 Å². The second-order valence-electron chi connectivity index (χ2n) is 3.45. The molecule has 0 bridgehead atoms. The van der Waals surface area contributed by atoms with Crippen molar-refractivity contribution < 1.29 is 48.3 Å². The number of hydrogen-bond donors (Lipinski definition) is 0. The van der Waals surface area contributed by atoms with Crippen molar-refractivity contribution in [2.45, 2.75) is 33.3 Å². The summed E-state index contributed by atoms with van der Waals surface area (Å²) in [7, 11) is 0. The van der Waals surface area contributed by atoms with Gasteiger partial charge in [-0.15, -0.1) is 0 Å². The summed E-state index contributed by atoms with van der Waals surface area (Å²) in [5.74, 6) is -19.4. The topological polar surface area (TPSA) is 0 Å². The Labute approximate surface area is 105 Å². The van der Waals surface area contributed by atoms with Gasteiger partial charge in [-0.05, 0) is 22.6 Å². The summed E-state index contributed by atoms with van der Waals surface area (Å²) in [6.07, 6.45) is -6.54. The molecule has 0 aromatic carbocycles. The maximum atomic E-state index is 13.1. The molecule has 0 amide bonds. The van der Waals surface area contributed by atoms with E-state index in [4.69, 9.17) is 0 Å². The van der Waals surface area contributed by atoms with Crippen molar-refractivity contribution in [2.75, 3.05) is 0 Å². The predicted octanol–water partition coefficient (Wildman–Crippen LogP) is 4.28. The molecule has 0 aromatic rings. The molecule has 1 aliphatic carbocycles. The zero-order valence-electron chi connectivity index (χ0n) is 7.54. The fraction of sp³-hybridized carbons (Fsp3) is 1.00. The molecule has 1 atom stereocenters. The van der Waals surface area contributed by atoms with E-state index < -0.39 is 55.9 Å². The molecule has 0 N–H and O–H groups in total. The Hall–Kier alpha value is -0.0400. The molecule has 0 heterocycles. The van der Waals surface area contributed by atoms with Gasteiger partial charge in [0.25, 0.3) is 0 Å². The van der Waals surface area contributed by atoms with E-state index in [0.29, 0.717) is 0 Å². The standard InChI is InChI=1S/C6F11I/c7-1(5(14,18)6(15,16)17)2(8,9)4(12,13)3(1,10)11. The molecular formula is C6F11I. The Morgan fingerprint density at radius 2 is 0.889 bits per heavy atom. The summed E-state index contributed by atoms with van der Waals surface area (Å²) in [4.78, 5) is 0. The van der Waals surface area contributed by atoms with Crippen LogP contribution in [0, 0.1) is 0 Å². The lowest BCUT2D eigenvalue weighted by atomic mass is 9.66. The zero-order chi connectivity index (χ0) is 15.0. The van der Waals surface area contributed by atoms with Crippen LogP contribution in [0.15, 0.2) is 0 Å². The van der Waals surface area contributed by atoms with Crippen molar-refractivity contribution in [3.8, 4) is 0 Å². The predicted molar refractivity (Wildman–Crippen MR) is 42.6 cm³/mol. The minimum atomic E-state index is -6.54. The third-order valence-electron chi connectivity index (χ3n) is 2.44. The van der Waals surface area contributed by atoms with Gasteiger partial charge in [0.1, 0.15) is 0 Å². The van der Waals surface area contributed by atoms with Crippen LogP contribution in [0.25, 0.3) is 0 Å². The summed E-state index contributed by atoms with van der Waals surface area (Å²) < 4.78 is 131. The van der Waals surface area contributed by atoms with Gasteiger partial charge in [0.05, 0.1) is 0 Å². The van der Waals surface area contributed by atoms with Crippen molar-refractivity contribution in [3.05, 3.63) is 0 Å².